The molecule has 1 N–H and O–H groups in total. The molecule has 32 heavy (non-hydrogen) atoms. The van der Waals surface area contributed by atoms with Crippen LogP contribution in [-0.4, -0.2) is 34.5 Å². The van der Waals surface area contributed by atoms with Gasteiger partial charge in [0.1, 0.15) is 18.1 Å². The number of amides is 1. The Bertz CT molecular complexity index is 1170. The van der Waals surface area contributed by atoms with Crippen LogP contribution in [0.1, 0.15) is 5.56 Å². The molecule has 0 spiro atoms. The van der Waals surface area contributed by atoms with Crippen molar-refractivity contribution in [3.05, 3.63) is 89.2 Å². The molecule has 0 unspecified atom stereocenters. The van der Waals surface area contributed by atoms with Gasteiger partial charge < -0.3 is 10.1 Å². The minimum atomic E-state index is -4.09. The summed E-state index contributed by atoms with van der Waals surface area (Å²) in [7, 11) is -2.68. The quantitative estimate of drug-likeness (QED) is 0.505. The van der Waals surface area contributed by atoms with E-state index in [1.54, 1.807) is 36.4 Å². The van der Waals surface area contributed by atoms with Crippen LogP contribution in [0.3, 0.4) is 0 Å². The number of hydrogen-bond donors (Lipinski definition) is 1. The highest BCUT2D eigenvalue weighted by Crippen LogP contribution is 2.34. The third kappa shape index (κ3) is 5.77. The number of nitrogens with zero attached hydrogens (tertiary/aromatic N) is 1. The number of methoxy groups -OCH3 is 1. The predicted octanol–water partition coefficient (Wildman–Crippen LogP) is 4.04. The lowest BCUT2D eigenvalue weighted by molar-refractivity contribution is -0.119. The summed E-state index contributed by atoms with van der Waals surface area (Å²) >= 11 is 6.11. The normalized spacial score (nSPS) is 11.1. The first-order valence-corrected chi connectivity index (χ1v) is 11.6. The lowest BCUT2D eigenvalue weighted by Crippen LogP contribution is -2.41. The lowest BCUT2D eigenvalue weighted by Gasteiger charge is -2.26. The predicted molar refractivity (Wildman–Crippen MR) is 122 cm³/mol. The smallest absolute Gasteiger partial charge is 0.264 e. The topological polar surface area (TPSA) is 75.7 Å². The Morgan fingerprint density at radius 3 is 2.41 bits per heavy atom. The fourth-order valence-electron chi connectivity index (χ4n) is 3.06. The van der Waals surface area contributed by atoms with Crippen LogP contribution in [-0.2, 0) is 21.2 Å². The standard InChI is InChI=1S/C23H22ClFN2O4S/c1-31-22-12-9-18(24)15-21(22)27(32(29,30)20-5-3-2-4-6-20)16-23(28)26-14-13-17-7-10-19(25)11-8-17/h2-12,15H,13-14,16H2,1H3,(H,26,28). The average Bonchev–Trinajstić information content (AvgIpc) is 2.79. The molecule has 3 aromatic rings. The Morgan fingerprint density at radius 1 is 1.06 bits per heavy atom. The molecule has 0 bridgehead atoms. The molecule has 0 aliphatic carbocycles. The van der Waals surface area contributed by atoms with Gasteiger partial charge in [-0.15, -0.1) is 0 Å². The van der Waals surface area contributed by atoms with Gasteiger partial charge in [0.15, 0.2) is 0 Å². The number of rotatable bonds is 9. The van der Waals surface area contributed by atoms with Crippen molar-refractivity contribution in [3.63, 3.8) is 0 Å². The van der Waals surface area contributed by atoms with Crippen molar-refractivity contribution in [1.29, 1.82) is 0 Å². The number of nitrogens with one attached hydrogen (secondary N) is 1. The molecule has 3 aromatic carbocycles. The van der Waals surface area contributed by atoms with Crippen LogP contribution in [0.2, 0.25) is 5.02 Å². The Morgan fingerprint density at radius 2 is 1.75 bits per heavy atom. The van der Waals surface area contributed by atoms with Crippen LogP contribution in [0, 0.1) is 5.82 Å². The lowest BCUT2D eigenvalue weighted by atomic mass is 10.1. The summed E-state index contributed by atoms with van der Waals surface area (Å²) in [6.07, 6.45) is 0.470. The van der Waals surface area contributed by atoms with Gasteiger partial charge in [0, 0.05) is 11.6 Å². The Labute approximate surface area is 191 Å². The molecular weight excluding hydrogens is 455 g/mol. The molecule has 0 aliphatic heterocycles. The number of benzene rings is 3. The van der Waals surface area contributed by atoms with E-state index in [9.17, 15) is 17.6 Å². The molecule has 0 heterocycles. The first kappa shape index (κ1) is 23.6. The number of sulfonamides is 1. The van der Waals surface area contributed by atoms with E-state index in [1.165, 1.54) is 43.5 Å². The van der Waals surface area contributed by atoms with E-state index in [-0.39, 0.29) is 28.7 Å². The number of halogens is 2. The molecule has 6 nitrogen and oxygen atoms in total. The van der Waals surface area contributed by atoms with E-state index in [2.05, 4.69) is 5.32 Å². The van der Waals surface area contributed by atoms with Crippen molar-refractivity contribution in [3.8, 4) is 5.75 Å². The largest absolute Gasteiger partial charge is 0.495 e. The second kappa shape index (κ2) is 10.5. The molecule has 3 rings (SSSR count). The molecule has 1 amide bonds. The van der Waals surface area contributed by atoms with Crippen LogP contribution in [0.25, 0.3) is 0 Å². The summed E-state index contributed by atoms with van der Waals surface area (Å²) in [5.41, 5.74) is 0.995. The minimum absolute atomic E-state index is 0.0288. The fourth-order valence-corrected chi connectivity index (χ4v) is 4.67. The van der Waals surface area contributed by atoms with Gasteiger partial charge in [-0.05, 0) is 54.4 Å². The Hall–Kier alpha value is -3.10. The van der Waals surface area contributed by atoms with Gasteiger partial charge in [-0.3, -0.25) is 9.10 Å². The summed E-state index contributed by atoms with van der Waals surface area (Å²) in [6.45, 7) is -0.215. The summed E-state index contributed by atoms with van der Waals surface area (Å²) in [5.74, 6) is -0.586. The van der Waals surface area contributed by atoms with Gasteiger partial charge in [-0.1, -0.05) is 41.9 Å². The first-order chi connectivity index (χ1) is 15.3. The van der Waals surface area contributed by atoms with Crippen molar-refractivity contribution in [2.45, 2.75) is 11.3 Å². The molecular formula is C23H22ClFN2O4S. The molecule has 0 radical (unpaired) electrons. The van der Waals surface area contributed by atoms with Crippen molar-refractivity contribution >= 4 is 33.2 Å². The highest BCUT2D eigenvalue weighted by atomic mass is 35.5. The highest BCUT2D eigenvalue weighted by Gasteiger charge is 2.29. The van der Waals surface area contributed by atoms with Crippen LogP contribution >= 0.6 is 11.6 Å². The molecule has 168 valence electrons. The van der Waals surface area contributed by atoms with Gasteiger partial charge in [0.05, 0.1) is 17.7 Å². The molecule has 0 aromatic heterocycles. The van der Waals surface area contributed by atoms with Crippen LogP contribution in [0.15, 0.2) is 77.7 Å². The number of ether oxygens (including phenoxy) is 1. The first-order valence-electron chi connectivity index (χ1n) is 9.74. The third-order valence-electron chi connectivity index (χ3n) is 4.68. The average molecular weight is 477 g/mol. The van der Waals surface area contributed by atoms with E-state index in [1.807, 2.05) is 0 Å². The van der Waals surface area contributed by atoms with E-state index >= 15 is 0 Å². The number of anilines is 1. The number of carbonyl (C=O) groups excluding carboxylic acids is 1. The fraction of sp³-hybridized carbons (Fsp3) is 0.174. The highest BCUT2D eigenvalue weighted by molar-refractivity contribution is 7.92. The molecule has 0 atom stereocenters. The number of hydrogen-bond acceptors (Lipinski definition) is 4. The van der Waals surface area contributed by atoms with Crippen molar-refractivity contribution in [1.82, 2.24) is 5.32 Å². The maximum absolute atomic E-state index is 13.4. The van der Waals surface area contributed by atoms with Crippen LogP contribution in [0.4, 0.5) is 10.1 Å². The van der Waals surface area contributed by atoms with Gasteiger partial charge in [0.25, 0.3) is 10.0 Å². The summed E-state index contributed by atoms with van der Waals surface area (Å²) in [5, 5.41) is 3.01. The van der Waals surface area contributed by atoms with E-state index in [0.29, 0.717) is 11.4 Å². The van der Waals surface area contributed by atoms with Gasteiger partial charge in [-0.25, -0.2) is 12.8 Å². The monoisotopic (exact) mass is 476 g/mol. The van der Waals surface area contributed by atoms with Crippen LogP contribution in [0.5, 0.6) is 5.75 Å². The maximum atomic E-state index is 13.4. The second-order valence-corrected chi connectivity index (χ2v) is 9.17. The van der Waals surface area contributed by atoms with E-state index in [4.69, 9.17) is 16.3 Å². The molecule has 9 heteroatoms. The Balaban J connectivity index is 1.84. The van der Waals surface area contributed by atoms with Gasteiger partial charge in [-0.2, -0.15) is 0 Å². The zero-order valence-electron chi connectivity index (χ0n) is 17.3. The van der Waals surface area contributed by atoms with Crippen LogP contribution < -0.4 is 14.4 Å². The second-order valence-electron chi connectivity index (χ2n) is 6.87. The van der Waals surface area contributed by atoms with E-state index in [0.717, 1.165) is 9.87 Å². The molecule has 0 fully saturated rings. The summed E-state index contributed by atoms with van der Waals surface area (Å²) < 4.78 is 46.1. The number of carbonyl (C=O) groups is 1. The third-order valence-corrected chi connectivity index (χ3v) is 6.69. The van der Waals surface area contributed by atoms with Gasteiger partial charge in [0.2, 0.25) is 5.91 Å². The zero-order valence-corrected chi connectivity index (χ0v) is 18.9. The maximum Gasteiger partial charge on any atom is 0.264 e. The summed E-state index contributed by atoms with van der Waals surface area (Å²) in [4.78, 5) is 12.7. The van der Waals surface area contributed by atoms with Crippen molar-refractivity contribution < 1.29 is 22.3 Å². The zero-order chi connectivity index (χ0) is 23.1. The van der Waals surface area contributed by atoms with E-state index < -0.39 is 22.5 Å². The van der Waals surface area contributed by atoms with Gasteiger partial charge >= 0.3 is 0 Å². The summed E-state index contributed by atoms with van der Waals surface area (Å²) in [6, 6.07) is 18.3. The SMILES string of the molecule is COc1ccc(Cl)cc1N(CC(=O)NCCc1ccc(F)cc1)S(=O)(=O)c1ccccc1. The molecule has 0 saturated carbocycles. The minimum Gasteiger partial charge on any atom is -0.495 e. The Kier molecular flexibility index (Phi) is 7.71. The molecule has 0 saturated heterocycles. The molecule has 0 aliphatic rings. The van der Waals surface area contributed by atoms with Crippen molar-refractivity contribution in [2.75, 3.05) is 24.5 Å². The van der Waals surface area contributed by atoms with Crippen molar-refractivity contribution in [2.24, 2.45) is 0 Å².